The summed E-state index contributed by atoms with van der Waals surface area (Å²) in [6.07, 6.45) is 3.60. The predicted octanol–water partition coefficient (Wildman–Crippen LogP) is 2.31. The van der Waals surface area contributed by atoms with Crippen LogP contribution in [0.4, 0.5) is 0 Å². The van der Waals surface area contributed by atoms with Gasteiger partial charge < -0.3 is 4.57 Å². The van der Waals surface area contributed by atoms with Gasteiger partial charge in [-0.2, -0.15) is 4.31 Å². The molecule has 0 saturated carbocycles. The molecule has 1 aliphatic rings. The highest BCUT2D eigenvalue weighted by molar-refractivity contribution is 7.98. The van der Waals surface area contributed by atoms with Crippen LogP contribution in [0.1, 0.15) is 41.9 Å². The van der Waals surface area contributed by atoms with Crippen LogP contribution < -0.4 is 0 Å². The summed E-state index contributed by atoms with van der Waals surface area (Å²) in [6, 6.07) is 6.13. The first-order valence-electron chi connectivity index (χ1n) is 8.39. The summed E-state index contributed by atoms with van der Waals surface area (Å²) in [7, 11) is -1.69. The molecule has 0 bridgehead atoms. The van der Waals surface area contributed by atoms with Crippen LogP contribution in [0.25, 0.3) is 0 Å². The van der Waals surface area contributed by atoms with E-state index in [1.54, 1.807) is 12.1 Å². The molecule has 1 atom stereocenters. The Kier molecular flexibility index (Phi) is 5.50. The molecule has 0 amide bonds. The Bertz CT molecular complexity index is 907. The van der Waals surface area contributed by atoms with E-state index in [1.807, 2.05) is 17.9 Å². The maximum atomic E-state index is 13.0. The topological polar surface area (TPSA) is 85.2 Å². The third kappa shape index (κ3) is 3.56. The van der Waals surface area contributed by atoms with Crippen molar-refractivity contribution in [3.05, 3.63) is 35.7 Å². The fraction of sp³-hybridized carbons (Fsp3) is 0.471. The zero-order chi connectivity index (χ0) is 18.9. The number of piperidine rings is 1. The highest BCUT2D eigenvalue weighted by Gasteiger charge is 2.33. The largest absolute Gasteiger partial charge is 0.309 e. The summed E-state index contributed by atoms with van der Waals surface area (Å²) in [4.78, 5) is 11.6. The molecule has 1 aromatic carbocycles. The Morgan fingerprint density at radius 3 is 2.50 bits per heavy atom. The minimum atomic E-state index is -3.60. The summed E-state index contributed by atoms with van der Waals surface area (Å²) in [6.45, 7) is 2.33. The van der Waals surface area contributed by atoms with Crippen molar-refractivity contribution < 1.29 is 13.2 Å². The van der Waals surface area contributed by atoms with Crippen molar-refractivity contribution in [2.75, 3.05) is 19.3 Å². The molecule has 3 rings (SSSR count). The van der Waals surface area contributed by atoms with Gasteiger partial charge in [0, 0.05) is 31.6 Å². The minimum Gasteiger partial charge on any atom is -0.309 e. The first kappa shape index (κ1) is 19.1. The lowest BCUT2D eigenvalue weighted by Crippen LogP contribution is -2.39. The number of sulfonamides is 1. The van der Waals surface area contributed by atoms with E-state index < -0.39 is 10.0 Å². The van der Waals surface area contributed by atoms with Crippen molar-refractivity contribution in [2.45, 2.75) is 35.7 Å². The van der Waals surface area contributed by atoms with E-state index in [-0.39, 0.29) is 16.6 Å². The molecule has 2 heterocycles. The molecule has 0 radical (unpaired) electrons. The number of Topliss-reactive ketones (excluding diaryl/α,β-unsaturated/α-hetero) is 1. The van der Waals surface area contributed by atoms with Crippen molar-refractivity contribution >= 4 is 27.6 Å². The molecule has 1 saturated heterocycles. The van der Waals surface area contributed by atoms with E-state index in [0.29, 0.717) is 18.7 Å². The molecular weight excluding hydrogens is 372 g/mol. The molecular formula is C17H22N4O3S2. The van der Waals surface area contributed by atoms with Gasteiger partial charge in [-0.25, -0.2) is 8.42 Å². The lowest BCUT2D eigenvalue weighted by molar-refractivity contribution is 0.101. The SMILES string of the molecule is CSc1nnc([C@H]2CCCN(S(=O)(=O)c3ccc(C(C)=O)cc3)C2)n1C. The van der Waals surface area contributed by atoms with Crippen LogP contribution >= 0.6 is 11.8 Å². The number of hydrogen-bond acceptors (Lipinski definition) is 6. The van der Waals surface area contributed by atoms with Gasteiger partial charge in [0.1, 0.15) is 5.82 Å². The number of rotatable bonds is 5. The van der Waals surface area contributed by atoms with E-state index in [0.717, 1.165) is 23.8 Å². The minimum absolute atomic E-state index is 0.0217. The highest BCUT2D eigenvalue weighted by atomic mass is 32.2. The van der Waals surface area contributed by atoms with Crippen LogP contribution in [0.2, 0.25) is 0 Å². The second-order valence-electron chi connectivity index (χ2n) is 6.39. The fourth-order valence-electron chi connectivity index (χ4n) is 3.24. The number of carbonyl (C=O) groups is 1. The van der Waals surface area contributed by atoms with E-state index >= 15 is 0 Å². The maximum Gasteiger partial charge on any atom is 0.243 e. The Hall–Kier alpha value is -1.71. The molecule has 0 spiro atoms. The number of ketones is 1. The van der Waals surface area contributed by atoms with Crippen LogP contribution in [-0.2, 0) is 17.1 Å². The van der Waals surface area contributed by atoms with Gasteiger partial charge in [0.25, 0.3) is 0 Å². The second-order valence-corrected chi connectivity index (χ2v) is 9.10. The van der Waals surface area contributed by atoms with Crippen molar-refractivity contribution in [3.63, 3.8) is 0 Å². The lowest BCUT2D eigenvalue weighted by Gasteiger charge is -2.31. The van der Waals surface area contributed by atoms with E-state index in [9.17, 15) is 13.2 Å². The lowest BCUT2D eigenvalue weighted by atomic mass is 9.99. The third-order valence-electron chi connectivity index (χ3n) is 4.70. The Morgan fingerprint density at radius 1 is 1.23 bits per heavy atom. The Balaban J connectivity index is 1.83. The normalized spacial score (nSPS) is 18.8. The van der Waals surface area contributed by atoms with Crippen LogP contribution in [-0.4, -0.2) is 52.6 Å². The van der Waals surface area contributed by atoms with Gasteiger partial charge in [0.2, 0.25) is 10.0 Å². The average Bonchev–Trinajstić information content (AvgIpc) is 3.02. The first-order valence-corrected chi connectivity index (χ1v) is 11.1. The summed E-state index contributed by atoms with van der Waals surface area (Å²) < 4.78 is 29.4. The smallest absolute Gasteiger partial charge is 0.243 e. The summed E-state index contributed by atoms with van der Waals surface area (Å²) in [5.74, 6) is 0.758. The molecule has 0 unspecified atom stereocenters. The molecule has 0 N–H and O–H groups in total. The Labute approximate surface area is 157 Å². The van der Waals surface area contributed by atoms with Crippen molar-refractivity contribution in [3.8, 4) is 0 Å². The van der Waals surface area contributed by atoms with Crippen LogP contribution in [0.3, 0.4) is 0 Å². The molecule has 1 aromatic heterocycles. The number of carbonyl (C=O) groups excluding carboxylic acids is 1. The second kappa shape index (κ2) is 7.50. The van der Waals surface area contributed by atoms with Crippen molar-refractivity contribution in [2.24, 2.45) is 7.05 Å². The van der Waals surface area contributed by atoms with Gasteiger partial charge in [-0.1, -0.05) is 23.9 Å². The molecule has 7 nitrogen and oxygen atoms in total. The molecule has 26 heavy (non-hydrogen) atoms. The monoisotopic (exact) mass is 394 g/mol. The number of thioether (sulfide) groups is 1. The van der Waals surface area contributed by atoms with E-state index in [4.69, 9.17) is 0 Å². The number of benzene rings is 1. The molecule has 1 aliphatic heterocycles. The molecule has 140 valence electrons. The third-order valence-corrected chi connectivity index (χ3v) is 7.30. The summed E-state index contributed by atoms with van der Waals surface area (Å²) >= 11 is 1.52. The van der Waals surface area contributed by atoms with Gasteiger partial charge in [-0.3, -0.25) is 4.79 Å². The van der Waals surface area contributed by atoms with E-state index in [2.05, 4.69) is 10.2 Å². The number of aromatic nitrogens is 3. The molecule has 1 fully saturated rings. The average molecular weight is 395 g/mol. The highest BCUT2D eigenvalue weighted by Crippen LogP contribution is 2.30. The summed E-state index contributed by atoms with van der Waals surface area (Å²) in [5, 5.41) is 9.24. The van der Waals surface area contributed by atoms with Crippen LogP contribution in [0, 0.1) is 0 Å². The van der Waals surface area contributed by atoms with Crippen molar-refractivity contribution in [1.29, 1.82) is 0 Å². The number of hydrogen-bond donors (Lipinski definition) is 0. The fourth-order valence-corrected chi connectivity index (χ4v) is 5.26. The maximum absolute atomic E-state index is 13.0. The van der Waals surface area contributed by atoms with Crippen LogP contribution in [0.5, 0.6) is 0 Å². The predicted molar refractivity (Wildman–Crippen MR) is 100.0 cm³/mol. The zero-order valence-electron chi connectivity index (χ0n) is 15.0. The first-order chi connectivity index (χ1) is 12.3. The van der Waals surface area contributed by atoms with Gasteiger partial charge in [-0.15, -0.1) is 10.2 Å². The van der Waals surface area contributed by atoms with Gasteiger partial charge in [0.15, 0.2) is 10.9 Å². The van der Waals surface area contributed by atoms with E-state index in [1.165, 1.54) is 35.1 Å². The molecule has 0 aliphatic carbocycles. The standard InChI is InChI=1S/C17H22N4O3S2/c1-12(22)13-6-8-15(9-7-13)26(23,24)21-10-4-5-14(11-21)16-18-19-17(25-3)20(16)2/h6-9,14H,4-5,10-11H2,1-3H3/t14-/m0/s1. The summed E-state index contributed by atoms with van der Waals surface area (Å²) in [5.41, 5.74) is 0.504. The zero-order valence-corrected chi connectivity index (χ0v) is 16.7. The molecule has 9 heteroatoms. The Morgan fingerprint density at radius 2 is 1.92 bits per heavy atom. The van der Waals surface area contributed by atoms with Gasteiger partial charge >= 0.3 is 0 Å². The van der Waals surface area contributed by atoms with Gasteiger partial charge in [0.05, 0.1) is 4.90 Å². The number of nitrogens with zero attached hydrogens (tertiary/aromatic N) is 4. The van der Waals surface area contributed by atoms with Gasteiger partial charge in [-0.05, 0) is 38.2 Å². The van der Waals surface area contributed by atoms with Crippen molar-refractivity contribution in [1.82, 2.24) is 19.1 Å². The molecule has 2 aromatic rings. The quantitative estimate of drug-likeness (QED) is 0.571. The van der Waals surface area contributed by atoms with Crippen LogP contribution in [0.15, 0.2) is 34.3 Å².